The fraction of sp³-hybridized carbons (Fsp3) is 0.462. The number of aromatic carboxylic acids is 1. The molecule has 4 rings (SSSR count). The van der Waals surface area contributed by atoms with Gasteiger partial charge in [-0.3, -0.25) is 4.79 Å². The lowest BCUT2D eigenvalue weighted by atomic mass is 9.61. The number of fused-ring (bicyclic) bond motifs is 2. The van der Waals surface area contributed by atoms with Gasteiger partial charge < -0.3 is 14.6 Å². The summed E-state index contributed by atoms with van der Waals surface area (Å²) < 4.78 is 11.0. The summed E-state index contributed by atoms with van der Waals surface area (Å²) in [5.74, 6) is -0.813. The lowest BCUT2D eigenvalue weighted by Crippen LogP contribution is -2.37. The number of benzene rings is 2. The lowest BCUT2D eigenvalue weighted by Gasteiger charge is -2.43. The highest BCUT2D eigenvalue weighted by Crippen LogP contribution is 2.50. The predicted octanol–water partition coefficient (Wildman–Crippen LogP) is 4.98. The molecule has 2 aromatic rings. The van der Waals surface area contributed by atoms with Crippen LogP contribution in [0.5, 0.6) is 5.75 Å². The number of carboxylic acids is 1. The minimum absolute atomic E-state index is 0.0305. The van der Waals surface area contributed by atoms with Crippen LogP contribution >= 0.6 is 0 Å². The van der Waals surface area contributed by atoms with Crippen molar-refractivity contribution in [3.05, 3.63) is 64.2 Å². The van der Waals surface area contributed by atoms with Crippen LogP contribution in [0.25, 0.3) is 0 Å². The summed E-state index contributed by atoms with van der Waals surface area (Å²) in [6.45, 7) is 9.38. The average Bonchev–Trinajstić information content (AvgIpc) is 3.10. The van der Waals surface area contributed by atoms with Gasteiger partial charge in [-0.15, -0.1) is 0 Å². The monoisotopic (exact) mass is 422 g/mol. The highest BCUT2D eigenvalue weighted by Gasteiger charge is 2.46. The van der Waals surface area contributed by atoms with E-state index in [0.29, 0.717) is 5.75 Å². The Morgan fingerprint density at radius 3 is 2.26 bits per heavy atom. The number of ether oxygens (including phenoxy) is 2. The molecule has 2 aromatic carbocycles. The fourth-order valence-corrected chi connectivity index (χ4v) is 5.14. The van der Waals surface area contributed by atoms with Crippen molar-refractivity contribution in [2.75, 3.05) is 13.7 Å². The molecule has 31 heavy (non-hydrogen) atoms. The molecular formula is C26H30O5. The van der Waals surface area contributed by atoms with Crippen LogP contribution in [-0.2, 0) is 25.8 Å². The Kier molecular flexibility index (Phi) is 4.91. The summed E-state index contributed by atoms with van der Waals surface area (Å²) in [6, 6.07) is 11.4. The summed E-state index contributed by atoms with van der Waals surface area (Å²) >= 11 is 0. The third kappa shape index (κ3) is 3.40. The summed E-state index contributed by atoms with van der Waals surface area (Å²) in [6.07, 6.45) is 2.35. The number of carbonyl (C=O) groups excluding carboxylic acids is 1. The number of hydrogen-bond donors (Lipinski definition) is 1. The van der Waals surface area contributed by atoms with E-state index in [-0.39, 0.29) is 35.4 Å². The van der Waals surface area contributed by atoms with Crippen LogP contribution in [-0.4, -0.2) is 30.8 Å². The lowest BCUT2D eigenvalue weighted by molar-refractivity contribution is -0.141. The predicted molar refractivity (Wildman–Crippen MR) is 118 cm³/mol. The van der Waals surface area contributed by atoms with Gasteiger partial charge in [0.05, 0.1) is 24.5 Å². The number of methoxy groups -OCH3 is 1. The zero-order valence-corrected chi connectivity index (χ0v) is 18.9. The van der Waals surface area contributed by atoms with Crippen molar-refractivity contribution in [3.63, 3.8) is 0 Å². The van der Waals surface area contributed by atoms with Crippen molar-refractivity contribution >= 4 is 11.9 Å². The van der Waals surface area contributed by atoms with E-state index < -0.39 is 11.4 Å². The van der Waals surface area contributed by atoms with Gasteiger partial charge in [-0.25, -0.2) is 4.79 Å². The van der Waals surface area contributed by atoms with Gasteiger partial charge in [0.25, 0.3) is 0 Å². The molecule has 1 unspecified atom stereocenters. The first-order chi connectivity index (χ1) is 14.5. The molecule has 5 heteroatoms. The van der Waals surface area contributed by atoms with Gasteiger partial charge in [0.15, 0.2) is 0 Å². The quantitative estimate of drug-likeness (QED) is 0.704. The Bertz CT molecular complexity index is 1070. The molecular weight excluding hydrogens is 392 g/mol. The Morgan fingerprint density at radius 1 is 0.968 bits per heavy atom. The van der Waals surface area contributed by atoms with Crippen molar-refractivity contribution < 1.29 is 24.2 Å². The van der Waals surface area contributed by atoms with Gasteiger partial charge in [0.1, 0.15) is 12.4 Å². The number of rotatable bonds is 4. The molecule has 0 radical (unpaired) electrons. The Labute approximate surface area is 183 Å². The molecule has 1 atom stereocenters. The molecule has 0 amide bonds. The second kappa shape index (κ2) is 7.11. The summed E-state index contributed by atoms with van der Waals surface area (Å²) in [5.41, 5.74) is 4.07. The molecule has 0 fully saturated rings. The highest BCUT2D eigenvalue weighted by atomic mass is 16.5. The molecule has 2 aliphatic rings. The maximum Gasteiger partial charge on any atom is 0.335 e. The molecule has 5 nitrogen and oxygen atoms in total. The maximum atomic E-state index is 12.5. The molecule has 0 spiro atoms. The number of esters is 1. The van der Waals surface area contributed by atoms with E-state index >= 15 is 0 Å². The molecule has 164 valence electrons. The van der Waals surface area contributed by atoms with E-state index in [2.05, 4.69) is 45.9 Å². The van der Waals surface area contributed by atoms with E-state index in [0.717, 1.165) is 24.0 Å². The first-order valence-electron chi connectivity index (χ1n) is 10.7. The molecule has 1 aliphatic heterocycles. The van der Waals surface area contributed by atoms with Gasteiger partial charge >= 0.3 is 11.9 Å². The minimum atomic E-state index is -1.00. The topological polar surface area (TPSA) is 72.8 Å². The van der Waals surface area contributed by atoms with Gasteiger partial charge in [-0.1, -0.05) is 52.0 Å². The standard InChI is InChI=1S/C26H30O5/c1-24(2)10-11-25(3,4)20-13-17(7-9-18(20)24)26(14-22(27)30-5)15-31-21-12-16(23(28)29)6-8-19(21)26/h6-9,12-13H,10-11,14-15H2,1-5H3,(H,28,29). The van der Waals surface area contributed by atoms with Crippen LogP contribution in [0.3, 0.4) is 0 Å². The largest absolute Gasteiger partial charge is 0.492 e. The Hall–Kier alpha value is -2.82. The van der Waals surface area contributed by atoms with Crippen molar-refractivity contribution in [2.24, 2.45) is 0 Å². The molecule has 0 saturated carbocycles. The summed E-state index contributed by atoms with van der Waals surface area (Å²) in [7, 11) is 1.39. The molecule has 0 saturated heterocycles. The van der Waals surface area contributed by atoms with Crippen LogP contribution in [0.4, 0.5) is 0 Å². The molecule has 1 aliphatic carbocycles. The SMILES string of the molecule is COC(=O)CC1(c2ccc3c(c2)C(C)(C)CCC3(C)C)COc2cc(C(=O)O)ccc21. The first-order valence-corrected chi connectivity index (χ1v) is 10.7. The van der Waals surface area contributed by atoms with Gasteiger partial charge in [0, 0.05) is 5.56 Å². The first kappa shape index (κ1) is 21.4. The van der Waals surface area contributed by atoms with Gasteiger partial charge in [-0.05, 0) is 52.5 Å². The smallest absolute Gasteiger partial charge is 0.335 e. The van der Waals surface area contributed by atoms with Crippen LogP contribution in [0.15, 0.2) is 36.4 Å². The molecule has 0 aromatic heterocycles. The van der Waals surface area contributed by atoms with E-state index in [1.54, 1.807) is 18.2 Å². The van der Waals surface area contributed by atoms with Crippen molar-refractivity contribution in [1.82, 2.24) is 0 Å². The van der Waals surface area contributed by atoms with Gasteiger partial charge in [0.2, 0.25) is 0 Å². The highest BCUT2D eigenvalue weighted by molar-refractivity contribution is 5.88. The molecule has 1 heterocycles. The van der Waals surface area contributed by atoms with Gasteiger partial charge in [-0.2, -0.15) is 0 Å². The van der Waals surface area contributed by atoms with Crippen LogP contribution in [0.2, 0.25) is 0 Å². The van der Waals surface area contributed by atoms with Crippen LogP contribution in [0, 0.1) is 0 Å². The van der Waals surface area contributed by atoms with E-state index in [4.69, 9.17) is 9.47 Å². The fourth-order valence-electron chi connectivity index (χ4n) is 5.14. The van der Waals surface area contributed by atoms with Crippen LogP contribution in [0.1, 0.15) is 79.6 Å². The number of carbonyl (C=O) groups is 2. The maximum absolute atomic E-state index is 12.5. The zero-order chi connectivity index (χ0) is 22.6. The van der Waals surface area contributed by atoms with E-state index in [9.17, 15) is 14.7 Å². The van der Waals surface area contributed by atoms with Crippen molar-refractivity contribution in [3.8, 4) is 5.75 Å². The van der Waals surface area contributed by atoms with Crippen molar-refractivity contribution in [1.29, 1.82) is 0 Å². The Morgan fingerprint density at radius 2 is 1.61 bits per heavy atom. The second-order valence-corrected chi connectivity index (χ2v) is 10.2. The van der Waals surface area contributed by atoms with E-state index in [1.807, 2.05) is 0 Å². The van der Waals surface area contributed by atoms with Crippen molar-refractivity contribution in [2.45, 2.75) is 63.2 Å². The second-order valence-electron chi connectivity index (χ2n) is 10.2. The molecule has 0 bridgehead atoms. The zero-order valence-electron chi connectivity index (χ0n) is 18.9. The van der Waals surface area contributed by atoms with Crippen LogP contribution < -0.4 is 4.74 Å². The number of carboxylic acid groups (broad SMARTS) is 1. The normalized spacial score (nSPS) is 22.7. The third-order valence-electron chi connectivity index (χ3n) is 7.30. The minimum Gasteiger partial charge on any atom is -0.492 e. The summed E-state index contributed by atoms with van der Waals surface area (Å²) in [5, 5.41) is 9.36. The third-order valence-corrected chi connectivity index (χ3v) is 7.30. The summed E-state index contributed by atoms with van der Waals surface area (Å²) in [4.78, 5) is 23.9. The Balaban J connectivity index is 1.91. The average molecular weight is 423 g/mol. The molecule has 1 N–H and O–H groups in total. The van der Waals surface area contributed by atoms with E-state index in [1.165, 1.54) is 18.2 Å². The number of hydrogen-bond acceptors (Lipinski definition) is 4.